The van der Waals surface area contributed by atoms with E-state index in [9.17, 15) is 9.59 Å². The molecule has 0 bridgehead atoms. The first kappa shape index (κ1) is 17.0. The lowest BCUT2D eigenvalue weighted by Crippen LogP contribution is -2.47. The van der Waals surface area contributed by atoms with E-state index in [-0.39, 0.29) is 11.7 Å². The first-order valence-corrected chi connectivity index (χ1v) is 8.60. The predicted octanol–water partition coefficient (Wildman–Crippen LogP) is 2.62. The fourth-order valence-electron chi connectivity index (χ4n) is 3.49. The summed E-state index contributed by atoms with van der Waals surface area (Å²) >= 11 is 0. The maximum Gasteiger partial charge on any atom is 0.410 e. The van der Waals surface area contributed by atoms with Gasteiger partial charge < -0.3 is 18.9 Å². The number of aromatic nitrogens is 1. The number of amides is 1. The maximum atomic E-state index is 12.2. The van der Waals surface area contributed by atoms with Crippen molar-refractivity contribution >= 4 is 6.09 Å². The largest absolute Gasteiger partial charge is 0.444 e. The zero-order valence-corrected chi connectivity index (χ0v) is 14.9. The number of fused-ring (bicyclic) bond motifs is 2. The lowest BCUT2D eigenvalue weighted by Gasteiger charge is -2.39. The Morgan fingerprint density at radius 2 is 2.00 bits per heavy atom. The molecule has 2 aliphatic heterocycles. The van der Waals surface area contributed by atoms with Crippen LogP contribution in [0.25, 0.3) is 0 Å². The van der Waals surface area contributed by atoms with Crippen molar-refractivity contribution in [3.8, 4) is 0 Å². The number of pyridine rings is 1. The normalized spacial score (nSPS) is 19.4. The van der Waals surface area contributed by atoms with Gasteiger partial charge in [-0.1, -0.05) is 0 Å². The van der Waals surface area contributed by atoms with Gasteiger partial charge >= 0.3 is 6.09 Å². The Balaban J connectivity index is 1.75. The zero-order valence-electron chi connectivity index (χ0n) is 14.9. The molecule has 0 N–H and O–H groups in total. The molecule has 132 valence electrons. The zero-order chi connectivity index (χ0) is 17.5. The molecular weight excluding hydrogens is 308 g/mol. The fraction of sp³-hybridized carbons (Fsp3) is 0.667. The molecule has 0 radical (unpaired) electrons. The molecular formula is C18H26N2O4. The van der Waals surface area contributed by atoms with E-state index >= 15 is 0 Å². The van der Waals surface area contributed by atoms with Gasteiger partial charge in [-0.05, 0) is 46.1 Å². The number of hydrogen-bond acceptors (Lipinski definition) is 4. The lowest BCUT2D eigenvalue weighted by molar-refractivity contribution is -0.0797. The van der Waals surface area contributed by atoms with E-state index in [1.807, 2.05) is 33.9 Å². The van der Waals surface area contributed by atoms with Crippen LogP contribution in [0.5, 0.6) is 0 Å². The Morgan fingerprint density at radius 1 is 1.33 bits per heavy atom. The SMILES string of the molecule is CCn1cc2c(cc1=O)C1(CCN(C(=O)OC(C)(C)C)CC1)OC2. The number of piperidine rings is 1. The number of aryl methyl sites for hydroxylation is 1. The smallest absolute Gasteiger partial charge is 0.410 e. The van der Waals surface area contributed by atoms with E-state index in [1.54, 1.807) is 15.5 Å². The van der Waals surface area contributed by atoms with Gasteiger partial charge in [-0.25, -0.2) is 4.79 Å². The Kier molecular flexibility index (Phi) is 4.20. The van der Waals surface area contributed by atoms with E-state index < -0.39 is 11.2 Å². The standard InChI is InChI=1S/C18H26N2O4/c1-5-19-11-13-12-23-18(14(13)10-15(19)21)6-8-20(9-7-18)16(22)24-17(2,3)4/h10-11H,5-9,12H2,1-4H3. The number of likely N-dealkylation sites (tertiary alicyclic amines) is 1. The van der Waals surface area contributed by atoms with Gasteiger partial charge in [0, 0.05) is 37.5 Å². The molecule has 24 heavy (non-hydrogen) atoms. The van der Waals surface area contributed by atoms with Crippen LogP contribution in [0.4, 0.5) is 4.79 Å². The summed E-state index contributed by atoms with van der Waals surface area (Å²) in [6, 6.07) is 1.72. The first-order chi connectivity index (χ1) is 11.2. The summed E-state index contributed by atoms with van der Waals surface area (Å²) in [6.45, 7) is 9.89. The van der Waals surface area contributed by atoms with E-state index in [0.29, 0.717) is 39.1 Å². The van der Waals surface area contributed by atoms with Crippen LogP contribution in [0.1, 0.15) is 51.7 Å². The van der Waals surface area contributed by atoms with Crippen LogP contribution in [-0.4, -0.2) is 34.3 Å². The van der Waals surface area contributed by atoms with Gasteiger partial charge in [0.15, 0.2) is 0 Å². The molecule has 0 saturated carbocycles. The first-order valence-electron chi connectivity index (χ1n) is 8.60. The van der Waals surface area contributed by atoms with Gasteiger partial charge in [-0.15, -0.1) is 0 Å². The van der Waals surface area contributed by atoms with Gasteiger partial charge in [-0.2, -0.15) is 0 Å². The number of ether oxygens (including phenoxy) is 2. The van der Waals surface area contributed by atoms with Crippen LogP contribution in [0.3, 0.4) is 0 Å². The van der Waals surface area contributed by atoms with E-state index in [1.165, 1.54) is 0 Å². The fourth-order valence-corrected chi connectivity index (χ4v) is 3.49. The summed E-state index contributed by atoms with van der Waals surface area (Å²) in [5, 5.41) is 0. The van der Waals surface area contributed by atoms with Crippen LogP contribution >= 0.6 is 0 Å². The van der Waals surface area contributed by atoms with Crippen molar-refractivity contribution < 1.29 is 14.3 Å². The average Bonchev–Trinajstić information content (AvgIpc) is 2.83. The van der Waals surface area contributed by atoms with E-state index in [4.69, 9.17) is 9.47 Å². The molecule has 0 unspecified atom stereocenters. The van der Waals surface area contributed by atoms with Crippen molar-refractivity contribution in [3.63, 3.8) is 0 Å². The van der Waals surface area contributed by atoms with Crippen molar-refractivity contribution in [1.29, 1.82) is 0 Å². The number of rotatable bonds is 1. The maximum absolute atomic E-state index is 12.2. The summed E-state index contributed by atoms with van der Waals surface area (Å²) in [7, 11) is 0. The minimum Gasteiger partial charge on any atom is -0.444 e. The highest BCUT2D eigenvalue weighted by atomic mass is 16.6. The van der Waals surface area contributed by atoms with Gasteiger partial charge in [0.1, 0.15) is 5.60 Å². The molecule has 0 aromatic carbocycles. The number of hydrogen-bond donors (Lipinski definition) is 0. The van der Waals surface area contributed by atoms with Crippen LogP contribution in [0.15, 0.2) is 17.1 Å². The van der Waals surface area contributed by atoms with Crippen LogP contribution in [0.2, 0.25) is 0 Å². The Labute approximate surface area is 142 Å². The molecule has 0 atom stereocenters. The Hall–Kier alpha value is -1.82. The van der Waals surface area contributed by atoms with Crippen LogP contribution in [-0.2, 0) is 28.2 Å². The van der Waals surface area contributed by atoms with Gasteiger partial charge in [-0.3, -0.25) is 4.79 Å². The molecule has 6 nitrogen and oxygen atoms in total. The summed E-state index contributed by atoms with van der Waals surface area (Å²) in [5.41, 5.74) is 1.17. The molecule has 1 fully saturated rings. The molecule has 1 spiro atoms. The second-order valence-electron chi connectivity index (χ2n) is 7.59. The average molecular weight is 334 g/mol. The molecule has 3 heterocycles. The molecule has 1 aromatic heterocycles. The van der Waals surface area contributed by atoms with Crippen molar-refractivity contribution in [1.82, 2.24) is 9.47 Å². The Bertz CT molecular complexity index is 694. The van der Waals surface area contributed by atoms with Gasteiger partial charge in [0.25, 0.3) is 5.56 Å². The monoisotopic (exact) mass is 334 g/mol. The minimum atomic E-state index is -0.492. The molecule has 6 heteroatoms. The minimum absolute atomic E-state index is 0.00990. The van der Waals surface area contributed by atoms with Gasteiger partial charge in [0.05, 0.1) is 12.2 Å². The molecule has 0 aliphatic carbocycles. The molecule has 1 amide bonds. The number of carbonyl (C=O) groups is 1. The topological polar surface area (TPSA) is 60.8 Å². The quantitative estimate of drug-likeness (QED) is 0.792. The van der Waals surface area contributed by atoms with Crippen molar-refractivity contribution in [3.05, 3.63) is 33.7 Å². The van der Waals surface area contributed by atoms with Crippen molar-refractivity contribution in [2.24, 2.45) is 0 Å². The van der Waals surface area contributed by atoms with Crippen molar-refractivity contribution in [2.45, 2.75) is 64.9 Å². The molecule has 2 aliphatic rings. The Morgan fingerprint density at radius 3 is 2.58 bits per heavy atom. The molecule has 3 rings (SSSR count). The third-order valence-corrected chi connectivity index (χ3v) is 4.77. The highest BCUT2D eigenvalue weighted by molar-refractivity contribution is 5.68. The lowest BCUT2D eigenvalue weighted by atomic mass is 9.84. The molecule has 1 aromatic rings. The van der Waals surface area contributed by atoms with Crippen LogP contribution in [0, 0.1) is 0 Å². The third-order valence-electron chi connectivity index (χ3n) is 4.77. The highest BCUT2D eigenvalue weighted by Gasteiger charge is 2.44. The van der Waals surface area contributed by atoms with E-state index in [0.717, 1.165) is 11.1 Å². The summed E-state index contributed by atoms with van der Waals surface area (Å²) in [6.07, 6.45) is 3.01. The summed E-state index contributed by atoms with van der Waals surface area (Å²) in [5.74, 6) is 0. The summed E-state index contributed by atoms with van der Waals surface area (Å²) < 4.78 is 13.2. The second kappa shape index (κ2) is 5.92. The molecule has 1 saturated heterocycles. The van der Waals surface area contributed by atoms with Crippen LogP contribution < -0.4 is 5.56 Å². The number of carbonyl (C=O) groups excluding carboxylic acids is 1. The predicted molar refractivity (Wildman–Crippen MR) is 89.9 cm³/mol. The highest BCUT2D eigenvalue weighted by Crippen LogP contribution is 2.43. The second-order valence-corrected chi connectivity index (χ2v) is 7.59. The number of nitrogens with zero attached hydrogens (tertiary/aromatic N) is 2. The van der Waals surface area contributed by atoms with Crippen molar-refractivity contribution in [2.75, 3.05) is 13.1 Å². The van der Waals surface area contributed by atoms with E-state index in [2.05, 4.69) is 0 Å². The van der Waals surface area contributed by atoms with Gasteiger partial charge in [0.2, 0.25) is 0 Å². The summed E-state index contributed by atoms with van der Waals surface area (Å²) in [4.78, 5) is 26.1. The third kappa shape index (κ3) is 3.07.